The molecule has 1 unspecified atom stereocenters. The molecule has 0 radical (unpaired) electrons. The molecule has 0 amide bonds. The van der Waals surface area contributed by atoms with Crippen molar-refractivity contribution >= 4 is 0 Å². The summed E-state index contributed by atoms with van der Waals surface area (Å²) in [5.74, 6) is -0.123. The van der Waals surface area contributed by atoms with E-state index in [0.717, 1.165) is 37.8 Å². The van der Waals surface area contributed by atoms with Crippen LogP contribution in [0, 0.1) is 11.2 Å². The van der Waals surface area contributed by atoms with Gasteiger partial charge in [-0.1, -0.05) is 26.0 Å². The molecule has 2 fully saturated rings. The number of halogens is 1. The van der Waals surface area contributed by atoms with E-state index in [1.165, 1.54) is 38.3 Å². The SMILES string of the molecule is CC1(C)CCC(N2CCCN(Cc3cccc(F)c3)CC2)C1. The molecule has 0 aromatic heterocycles. The summed E-state index contributed by atoms with van der Waals surface area (Å²) in [5.41, 5.74) is 1.62. The van der Waals surface area contributed by atoms with E-state index in [9.17, 15) is 4.39 Å². The fourth-order valence-electron chi connectivity index (χ4n) is 4.12. The van der Waals surface area contributed by atoms with Crippen LogP contribution < -0.4 is 0 Å². The van der Waals surface area contributed by atoms with Gasteiger partial charge in [0.15, 0.2) is 0 Å². The predicted octanol–water partition coefficient (Wildman–Crippen LogP) is 3.91. The van der Waals surface area contributed by atoms with Gasteiger partial charge in [0.05, 0.1) is 0 Å². The third-order valence-corrected chi connectivity index (χ3v) is 5.38. The van der Waals surface area contributed by atoms with E-state index in [1.807, 2.05) is 12.1 Å². The Kier molecular flexibility index (Phi) is 4.84. The Labute approximate surface area is 134 Å². The van der Waals surface area contributed by atoms with E-state index in [2.05, 4.69) is 23.6 Å². The van der Waals surface area contributed by atoms with Crippen molar-refractivity contribution in [3.8, 4) is 0 Å². The minimum Gasteiger partial charge on any atom is -0.299 e. The first kappa shape index (κ1) is 15.9. The number of hydrogen-bond acceptors (Lipinski definition) is 2. The molecule has 2 aliphatic rings. The van der Waals surface area contributed by atoms with Gasteiger partial charge in [-0.3, -0.25) is 9.80 Å². The van der Waals surface area contributed by atoms with Crippen LogP contribution in [-0.4, -0.2) is 42.0 Å². The molecule has 1 atom stereocenters. The van der Waals surface area contributed by atoms with Gasteiger partial charge in [-0.2, -0.15) is 0 Å². The summed E-state index contributed by atoms with van der Waals surface area (Å²) in [7, 11) is 0. The molecule has 0 spiro atoms. The van der Waals surface area contributed by atoms with E-state index in [0.29, 0.717) is 5.41 Å². The van der Waals surface area contributed by atoms with Crippen LogP contribution in [0.15, 0.2) is 24.3 Å². The molecule has 1 saturated carbocycles. The third kappa shape index (κ3) is 4.08. The summed E-state index contributed by atoms with van der Waals surface area (Å²) in [5, 5.41) is 0. The molecule has 3 heteroatoms. The molecule has 3 rings (SSSR count). The zero-order valence-electron chi connectivity index (χ0n) is 14.0. The number of rotatable bonds is 3. The topological polar surface area (TPSA) is 6.48 Å². The van der Waals surface area contributed by atoms with Crippen LogP contribution in [0.3, 0.4) is 0 Å². The lowest BCUT2D eigenvalue weighted by Crippen LogP contribution is -2.37. The Balaban J connectivity index is 1.54. The lowest BCUT2D eigenvalue weighted by atomic mass is 9.91. The van der Waals surface area contributed by atoms with Crippen molar-refractivity contribution in [3.63, 3.8) is 0 Å². The highest BCUT2D eigenvalue weighted by Gasteiger charge is 2.34. The zero-order valence-corrected chi connectivity index (χ0v) is 14.0. The lowest BCUT2D eigenvalue weighted by molar-refractivity contribution is 0.187. The van der Waals surface area contributed by atoms with Crippen molar-refractivity contribution in [2.75, 3.05) is 26.2 Å². The van der Waals surface area contributed by atoms with Gasteiger partial charge in [0.1, 0.15) is 5.82 Å². The Morgan fingerprint density at radius 3 is 2.77 bits per heavy atom. The second kappa shape index (κ2) is 6.67. The van der Waals surface area contributed by atoms with Gasteiger partial charge in [0.2, 0.25) is 0 Å². The Bertz CT molecular complexity index is 500. The van der Waals surface area contributed by atoms with Gasteiger partial charge in [0, 0.05) is 25.7 Å². The first-order chi connectivity index (χ1) is 10.5. The molecule has 122 valence electrons. The molecular formula is C19H29FN2. The number of hydrogen-bond donors (Lipinski definition) is 0. The van der Waals surface area contributed by atoms with Crippen LogP contribution >= 0.6 is 0 Å². The largest absolute Gasteiger partial charge is 0.299 e. The summed E-state index contributed by atoms with van der Waals surface area (Å²) >= 11 is 0. The van der Waals surface area contributed by atoms with Gasteiger partial charge < -0.3 is 0 Å². The minimum atomic E-state index is -0.123. The monoisotopic (exact) mass is 304 g/mol. The second-order valence-corrected chi connectivity index (χ2v) is 7.86. The van der Waals surface area contributed by atoms with Crippen molar-refractivity contribution in [1.29, 1.82) is 0 Å². The summed E-state index contributed by atoms with van der Waals surface area (Å²) in [4.78, 5) is 5.19. The molecule has 1 aliphatic heterocycles. The first-order valence-electron chi connectivity index (χ1n) is 8.73. The minimum absolute atomic E-state index is 0.123. The highest BCUT2D eigenvalue weighted by Crippen LogP contribution is 2.39. The van der Waals surface area contributed by atoms with E-state index in [-0.39, 0.29) is 5.82 Å². The van der Waals surface area contributed by atoms with Crippen LogP contribution in [-0.2, 0) is 6.54 Å². The van der Waals surface area contributed by atoms with Crippen LogP contribution in [0.2, 0.25) is 0 Å². The van der Waals surface area contributed by atoms with Gasteiger partial charge in [-0.25, -0.2) is 4.39 Å². The zero-order chi connectivity index (χ0) is 15.6. The molecule has 1 saturated heterocycles. The molecule has 1 aliphatic carbocycles. The highest BCUT2D eigenvalue weighted by atomic mass is 19.1. The molecule has 1 aromatic rings. The average molecular weight is 304 g/mol. The average Bonchev–Trinajstić information content (AvgIpc) is 2.68. The summed E-state index contributed by atoms with van der Waals surface area (Å²) in [6, 6.07) is 7.82. The number of benzene rings is 1. The van der Waals surface area contributed by atoms with Crippen LogP contribution in [0.4, 0.5) is 4.39 Å². The van der Waals surface area contributed by atoms with E-state index in [4.69, 9.17) is 0 Å². The Hall–Kier alpha value is -0.930. The van der Waals surface area contributed by atoms with Gasteiger partial charge >= 0.3 is 0 Å². The molecule has 22 heavy (non-hydrogen) atoms. The van der Waals surface area contributed by atoms with Gasteiger partial charge in [0.25, 0.3) is 0 Å². The smallest absolute Gasteiger partial charge is 0.123 e. The Morgan fingerprint density at radius 2 is 2.05 bits per heavy atom. The van der Waals surface area contributed by atoms with E-state index < -0.39 is 0 Å². The maximum Gasteiger partial charge on any atom is 0.123 e. The van der Waals surface area contributed by atoms with Crippen molar-refractivity contribution < 1.29 is 4.39 Å². The molecular weight excluding hydrogens is 275 g/mol. The molecule has 1 aromatic carbocycles. The van der Waals surface area contributed by atoms with Crippen molar-refractivity contribution in [3.05, 3.63) is 35.6 Å². The Morgan fingerprint density at radius 1 is 1.18 bits per heavy atom. The number of nitrogens with zero attached hydrogens (tertiary/aromatic N) is 2. The van der Waals surface area contributed by atoms with Crippen molar-refractivity contribution in [1.82, 2.24) is 9.80 Å². The van der Waals surface area contributed by atoms with Crippen molar-refractivity contribution in [2.24, 2.45) is 5.41 Å². The van der Waals surface area contributed by atoms with Crippen LogP contribution in [0.5, 0.6) is 0 Å². The lowest BCUT2D eigenvalue weighted by Gasteiger charge is -2.29. The third-order valence-electron chi connectivity index (χ3n) is 5.38. The quantitative estimate of drug-likeness (QED) is 0.835. The van der Waals surface area contributed by atoms with Gasteiger partial charge in [-0.05, 0) is 61.9 Å². The summed E-state index contributed by atoms with van der Waals surface area (Å²) < 4.78 is 13.3. The molecule has 2 nitrogen and oxygen atoms in total. The fourth-order valence-corrected chi connectivity index (χ4v) is 4.12. The van der Waals surface area contributed by atoms with Crippen molar-refractivity contribution in [2.45, 2.75) is 52.1 Å². The highest BCUT2D eigenvalue weighted by molar-refractivity contribution is 5.16. The first-order valence-corrected chi connectivity index (χ1v) is 8.73. The molecule has 0 N–H and O–H groups in total. The molecule has 0 bridgehead atoms. The van der Waals surface area contributed by atoms with E-state index >= 15 is 0 Å². The maximum absolute atomic E-state index is 13.3. The van der Waals surface area contributed by atoms with Crippen LogP contribution in [0.25, 0.3) is 0 Å². The molecule has 1 heterocycles. The predicted molar refractivity (Wildman–Crippen MR) is 89.3 cm³/mol. The standard InChI is InChI=1S/C19H29FN2/c1-19(2)8-7-18(14-19)22-10-4-9-21(11-12-22)15-16-5-3-6-17(20)13-16/h3,5-6,13,18H,4,7-12,14-15H2,1-2H3. The summed E-state index contributed by atoms with van der Waals surface area (Å²) in [6.07, 6.45) is 5.29. The fraction of sp³-hybridized carbons (Fsp3) is 0.684. The maximum atomic E-state index is 13.3. The summed E-state index contributed by atoms with van der Waals surface area (Å²) in [6.45, 7) is 10.3. The van der Waals surface area contributed by atoms with E-state index in [1.54, 1.807) is 6.07 Å². The second-order valence-electron chi connectivity index (χ2n) is 7.86. The normalized spacial score (nSPS) is 27.0. The van der Waals surface area contributed by atoms with Gasteiger partial charge in [-0.15, -0.1) is 0 Å². The van der Waals surface area contributed by atoms with Crippen LogP contribution in [0.1, 0.15) is 45.1 Å².